The second-order valence-electron chi connectivity index (χ2n) is 2.53. The summed E-state index contributed by atoms with van der Waals surface area (Å²) in [5, 5.41) is 9.24. The molecule has 0 bridgehead atoms. The smallest absolute Gasteiger partial charge is 0.145 e. The van der Waals surface area contributed by atoms with Gasteiger partial charge in [-0.3, -0.25) is 4.98 Å². The zero-order chi connectivity index (χ0) is 9.14. The molecule has 0 aliphatic rings. The summed E-state index contributed by atoms with van der Waals surface area (Å²) in [6, 6.07) is 1.63. The van der Waals surface area contributed by atoms with Crippen molar-refractivity contribution >= 4 is 5.69 Å². The molecule has 1 atom stereocenters. The molecule has 4 heteroatoms. The normalized spacial score (nSPS) is 12.6. The molecule has 0 radical (unpaired) electrons. The number of anilines is 1. The number of nitrogen functional groups attached to an aromatic ring is 1. The number of aliphatic hydroxyl groups is 1. The molecule has 1 aromatic rings. The van der Waals surface area contributed by atoms with Gasteiger partial charge >= 0.3 is 0 Å². The van der Waals surface area contributed by atoms with Crippen LogP contribution >= 0.6 is 0 Å². The van der Waals surface area contributed by atoms with Crippen LogP contribution in [0.3, 0.4) is 0 Å². The third-order valence-electron chi connectivity index (χ3n) is 1.52. The lowest BCUT2D eigenvalue weighted by Gasteiger charge is -2.09. The summed E-state index contributed by atoms with van der Waals surface area (Å²) in [5.41, 5.74) is 6.51. The van der Waals surface area contributed by atoms with Gasteiger partial charge in [-0.1, -0.05) is 0 Å². The second kappa shape index (κ2) is 3.40. The van der Waals surface area contributed by atoms with Gasteiger partial charge in [-0.2, -0.15) is 0 Å². The van der Waals surface area contributed by atoms with E-state index in [1.54, 1.807) is 13.0 Å². The third kappa shape index (κ3) is 1.65. The molecule has 0 aliphatic heterocycles. The van der Waals surface area contributed by atoms with Gasteiger partial charge in [-0.25, -0.2) is 0 Å². The standard InChI is InChI=1S/C8H12N2O2/c1-5(11)8-7(12-2)3-6(9)4-10-8/h3-5,11H,9H2,1-2H3. The molecule has 1 rings (SSSR count). The number of pyridine rings is 1. The van der Waals surface area contributed by atoms with E-state index >= 15 is 0 Å². The second-order valence-corrected chi connectivity index (χ2v) is 2.53. The molecule has 0 aliphatic carbocycles. The number of nitrogens with zero attached hydrogens (tertiary/aromatic N) is 1. The largest absolute Gasteiger partial charge is 0.495 e. The van der Waals surface area contributed by atoms with Crippen molar-refractivity contribution in [2.24, 2.45) is 0 Å². The Kier molecular flexibility index (Phi) is 2.50. The predicted molar refractivity (Wildman–Crippen MR) is 45.8 cm³/mol. The first-order valence-electron chi connectivity index (χ1n) is 3.62. The van der Waals surface area contributed by atoms with E-state index in [4.69, 9.17) is 10.5 Å². The van der Waals surface area contributed by atoms with Gasteiger partial charge in [0, 0.05) is 6.07 Å². The molecule has 0 fully saturated rings. The Hall–Kier alpha value is -1.29. The summed E-state index contributed by atoms with van der Waals surface area (Å²) in [7, 11) is 1.52. The van der Waals surface area contributed by atoms with Crippen LogP contribution in [0, 0.1) is 0 Å². The molecule has 4 nitrogen and oxygen atoms in total. The number of hydrogen-bond acceptors (Lipinski definition) is 4. The molecule has 1 aromatic heterocycles. The van der Waals surface area contributed by atoms with Gasteiger partial charge in [-0.05, 0) is 6.92 Å². The lowest BCUT2D eigenvalue weighted by atomic mass is 10.2. The van der Waals surface area contributed by atoms with E-state index in [9.17, 15) is 5.11 Å². The minimum atomic E-state index is -0.638. The topological polar surface area (TPSA) is 68.4 Å². The molecule has 1 heterocycles. The first kappa shape index (κ1) is 8.80. The van der Waals surface area contributed by atoms with E-state index in [1.165, 1.54) is 13.3 Å². The Morgan fingerprint density at radius 2 is 2.33 bits per heavy atom. The third-order valence-corrected chi connectivity index (χ3v) is 1.52. The highest BCUT2D eigenvalue weighted by atomic mass is 16.5. The first-order valence-corrected chi connectivity index (χ1v) is 3.62. The molecular weight excluding hydrogens is 156 g/mol. The van der Waals surface area contributed by atoms with Gasteiger partial charge in [0.25, 0.3) is 0 Å². The number of hydrogen-bond donors (Lipinski definition) is 2. The number of aromatic nitrogens is 1. The van der Waals surface area contributed by atoms with Crippen LogP contribution in [-0.4, -0.2) is 17.2 Å². The van der Waals surface area contributed by atoms with Gasteiger partial charge in [0.05, 0.1) is 25.1 Å². The quantitative estimate of drug-likeness (QED) is 0.683. The molecule has 12 heavy (non-hydrogen) atoms. The average Bonchev–Trinajstić information content (AvgIpc) is 2.03. The Bertz CT molecular complexity index is 274. The van der Waals surface area contributed by atoms with Crippen molar-refractivity contribution in [2.45, 2.75) is 13.0 Å². The Labute approximate surface area is 71.0 Å². The highest BCUT2D eigenvalue weighted by Gasteiger charge is 2.09. The minimum Gasteiger partial charge on any atom is -0.495 e. The van der Waals surface area contributed by atoms with E-state index < -0.39 is 6.10 Å². The van der Waals surface area contributed by atoms with Crippen molar-refractivity contribution in [3.63, 3.8) is 0 Å². The van der Waals surface area contributed by atoms with Crippen LogP contribution in [0.5, 0.6) is 5.75 Å². The SMILES string of the molecule is COc1cc(N)cnc1C(C)O. The Morgan fingerprint density at radius 3 is 2.83 bits per heavy atom. The van der Waals surface area contributed by atoms with Gasteiger partial charge in [0.15, 0.2) is 0 Å². The van der Waals surface area contributed by atoms with Crippen molar-refractivity contribution in [1.29, 1.82) is 0 Å². The van der Waals surface area contributed by atoms with E-state index in [-0.39, 0.29) is 0 Å². The number of aliphatic hydroxyl groups excluding tert-OH is 1. The van der Waals surface area contributed by atoms with Gasteiger partial charge in [0.1, 0.15) is 11.4 Å². The molecule has 3 N–H and O–H groups in total. The lowest BCUT2D eigenvalue weighted by molar-refractivity contribution is 0.189. The molecule has 0 amide bonds. The minimum absolute atomic E-state index is 0.506. The number of rotatable bonds is 2. The molecule has 0 saturated heterocycles. The Morgan fingerprint density at radius 1 is 1.67 bits per heavy atom. The maximum atomic E-state index is 9.24. The molecule has 0 saturated carbocycles. The fourth-order valence-corrected chi connectivity index (χ4v) is 0.948. The molecular formula is C8H12N2O2. The van der Waals surface area contributed by atoms with E-state index in [1.807, 2.05) is 0 Å². The van der Waals surface area contributed by atoms with Crippen LogP contribution in [0.4, 0.5) is 5.69 Å². The summed E-state index contributed by atoms with van der Waals surface area (Å²) in [4.78, 5) is 3.95. The zero-order valence-corrected chi connectivity index (χ0v) is 7.11. The van der Waals surface area contributed by atoms with Gasteiger partial charge in [0.2, 0.25) is 0 Å². The van der Waals surface area contributed by atoms with E-state index in [0.29, 0.717) is 17.1 Å². The number of nitrogens with two attached hydrogens (primary N) is 1. The summed E-state index contributed by atoms with van der Waals surface area (Å²) in [6.45, 7) is 1.63. The summed E-state index contributed by atoms with van der Waals surface area (Å²) in [6.07, 6.45) is 0.852. The summed E-state index contributed by atoms with van der Waals surface area (Å²) >= 11 is 0. The van der Waals surface area contributed by atoms with Gasteiger partial charge in [-0.15, -0.1) is 0 Å². The van der Waals surface area contributed by atoms with Crippen LogP contribution < -0.4 is 10.5 Å². The summed E-state index contributed by atoms with van der Waals surface area (Å²) in [5.74, 6) is 0.519. The first-order chi connectivity index (χ1) is 5.65. The maximum absolute atomic E-state index is 9.24. The average molecular weight is 168 g/mol. The number of ether oxygens (including phenoxy) is 1. The van der Waals surface area contributed by atoms with Crippen LogP contribution in [0.1, 0.15) is 18.7 Å². The van der Waals surface area contributed by atoms with E-state index in [0.717, 1.165) is 0 Å². The molecule has 0 spiro atoms. The van der Waals surface area contributed by atoms with Crippen LogP contribution in [0.25, 0.3) is 0 Å². The van der Waals surface area contributed by atoms with Crippen molar-refractivity contribution in [3.05, 3.63) is 18.0 Å². The van der Waals surface area contributed by atoms with Crippen molar-refractivity contribution < 1.29 is 9.84 Å². The molecule has 66 valence electrons. The van der Waals surface area contributed by atoms with Gasteiger partial charge < -0.3 is 15.6 Å². The molecule has 0 aromatic carbocycles. The maximum Gasteiger partial charge on any atom is 0.145 e. The van der Waals surface area contributed by atoms with Crippen molar-refractivity contribution in [3.8, 4) is 5.75 Å². The van der Waals surface area contributed by atoms with Crippen LogP contribution in [0.15, 0.2) is 12.3 Å². The zero-order valence-electron chi connectivity index (χ0n) is 7.11. The number of methoxy groups -OCH3 is 1. The summed E-state index contributed by atoms with van der Waals surface area (Å²) < 4.78 is 4.98. The van der Waals surface area contributed by atoms with Crippen LogP contribution in [-0.2, 0) is 0 Å². The monoisotopic (exact) mass is 168 g/mol. The fourth-order valence-electron chi connectivity index (χ4n) is 0.948. The highest BCUT2D eigenvalue weighted by Crippen LogP contribution is 2.23. The van der Waals surface area contributed by atoms with Crippen LogP contribution in [0.2, 0.25) is 0 Å². The molecule has 1 unspecified atom stereocenters. The predicted octanol–water partition coefficient (Wildman–Crippen LogP) is 0.726. The van der Waals surface area contributed by atoms with Crippen molar-refractivity contribution in [2.75, 3.05) is 12.8 Å². The highest BCUT2D eigenvalue weighted by molar-refractivity contribution is 5.44. The lowest BCUT2D eigenvalue weighted by Crippen LogP contribution is -2.01. The fraction of sp³-hybridized carbons (Fsp3) is 0.375. The Balaban J connectivity index is 3.11. The van der Waals surface area contributed by atoms with Crippen molar-refractivity contribution in [1.82, 2.24) is 4.98 Å². The van der Waals surface area contributed by atoms with E-state index in [2.05, 4.69) is 4.98 Å².